The molecule has 84 valence electrons. The van der Waals surface area contributed by atoms with Crippen molar-refractivity contribution in [3.05, 3.63) is 35.9 Å². The van der Waals surface area contributed by atoms with E-state index in [0.717, 1.165) is 31.2 Å². The molecule has 0 aromatic heterocycles. The number of oxime groups is 1. The fraction of sp³-hybridized carbons (Fsp3) is 0.385. The van der Waals surface area contributed by atoms with E-state index < -0.39 is 0 Å². The van der Waals surface area contributed by atoms with Gasteiger partial charge in [-0.3, -0.25) is 0 Å². The molecule has 16 heavy (non-hydrogen) atoms. The average Bonchev–Trinajstić information content (AvgIpc) is 2.84. The van der Waals surface area contributed by atoms with Crippen molar-refractivity contribution >= 4 is 12.2 Å². The number of hydrogen-bond acceptors (Lipinski definition) is 3. The molecule has 0 heterocycles. The lowest BCUT2D eigenvalue weighted by molar-refractivity contribution is -0.148. The molecule has 1 aliphatic rings. The Balaban J connectivity index is 1.82. The largest absolute Gasteiger partial charge is 0.338 e. The van der Waals surface area contributed by atoms with Gasteiger partial charge in [-0.1, -0.05) is 48.3 Å². The molecule has 1 saturated carbocycles. The summed E-state index contributed by atoms with van der Waals surface area (Å²) in [7, 11) is 0. The minimum Gasteiger partial charge on any atom is -0.318 e. The second kappa shape index (κ2) is 5.45. The van der Waals surface area contributed by atoms with Gasteiger partial charge in [0.2, 0.25) is 0 Å². The zero-order chi connectivity index (χ0) is 11.2. The van der Waals surface area contributed by atoms with E-state index in [4.69, 9.17) is 4.84 Å². The van der Waals surface area contributed by atoms with Crippen molar-refractivity contribution < 1.29 is 9.63 Å². The molecular formula is C13H15NO2. The minimum atomic E-state index is -0.190. The van der Waals surface area contributed by atoms with Crippen molar-refractivity contribution in [2.45, 2.75) is 25.7 Å². The Morgan fingerprint density at radius 1 is 1.25 bits per heavy atom. The van der Waals surface area contributed by atoms with E-state index >= 15 is 0 Å². The third kappa shape index (κ3) is 2.92. The van der Waals surface area contributed by atoms with Crippen molar-refractivity contribution in [2.75, 3.05) is 0 Å². The van der Waals surface area contributed by atoms with E-state index in [9.17, 15) is 4.79 Å². The maximum atomic E-state index is 11.5. The first-order valence-electron chi connectivity index (χ1n) is 5.65. The number of hydrogen-bond donors (Lipinski definition) is 0. The van der Waals surface area contributed by atoms with Gasteiger partial charge in [0.15, 0.2) is 0 Å². The molecular weight excluding hydrogens is 202 g/mol. The summed E-state index contributed by atoms with van der Waals surface area (Å²) in [6.07, 6.45) is 5.70. The highest BCUT2D eigenvalue weighted by atomic mass is 16.7. The third-order valence-electron chi connectivity index (χ3n) is 2.83. The summed E-state index contributed by atoms with van der Waals surface area (Å²) in [6, 6.07) is 9.59. The molecule has 0 radical (unpaired) electrons. The van der Waals surface area contributed by atoms with Gasteiger partial charge in [0.25, 0.3) is 0 Å². The normalized spacial score (nSPS) is 16.8. The third-order valence-corrected chi connectivity index (χ3v) is 2.83. The maximum Gasteiger partial charge on any atom is 0.338 e. The Labute approximate surface area is 95.1 Å². The van der Waals surface area contributed by atoms with E-state index in [0.29, 0.717) is 0 Å². The summed E-state index contributed by atoms with van der Waals surface area (Å²) in [5.74, 6) is -0.127. The first-order valence-corrected chi connectivity index (χ1v) is 5.65. The van der Waals surface area contributed by atoms with E-state index in [-0.39, 0.29) is 11.9 Å². The van der Waals surface area contributed by atoms with Crippen molar-refractivity contribution in [1.82, 2.24) is 0 Å². The van der Waals surface area contributed by atoms with Crippen LogP contribution < -0.4 is 0 Å². The summed E-state index contributed by atoms with van der Waals surface area (Å²) < 4.78 is 0. The van der Waals surface area contributed by atoms with Crippen LogP contribution >= 0.6 is 0 Å². The Bertz CT molecular complexity index is 367. The van der Waals surface area contributed by atoms with Crippen LogP contribution in [0.15, 0.2) is 35.5 Å². The summed E-state index contributed by atoms with van der Waals surface area (Å²) in [4.78, 5) is 16.4. The second-order valence-electron chi connectivity index (χ2n) is 4.04. The number of carbonyl (C=O) groups excluding carboxylic acids is 1. The molecule has 0 spiro atoms. The zero-order valence-corrected chi connectivity index (χ0v) is 9.13. The molecule has 1 aromatic carbocycles. The van der Waals surface area contributed by atoms with Crippen molar-refractivity contribution in [2.24, 2.45) is 11.1 Å². The quantitative estimate of drug-likeness (QED) is 0.443. The molecule has 1 aliphatic carbocycles. The Kier molecular flexibility index (Phi) is 3.70. The molecule has 2 rings (SSSR count). The van der Waals surface area contributed by atoms with Crippen LogP contribution in [0.2, 0.25) is 0 Å². The molecule has 3 heteroatoms. The van der Waals surface area contributed by atoms with Gasteiger partial charge < -0.3 is 4.84 Å². The lowest BCUT2D eigenvalue weighted by Crippen LogP contribution is -2.11. The van der Waals surface area contributed by atoms with E-state index in [2.05, 4.69) is 5.16 Å². The topological polar surface area (TPSA) is 38.7 Å². The fourth-order valence-electron chi connectivity index (χ4n) is 1.91. The summed E-state index contributed by atoms with van der Waals surface area (Å²) in [6.45, 7) is 0. The van der Waals surface area contributed by atoms with Gasteiger partial charge in [0.05, 0.1) is 12.1 Å². The van der Waals surface area contributed by atoms with Crippen molar-refractivity contribution in [1.29, 1.82) is 0 Å². The van der Waals surface area contributed by atoms with Crippen LogP contribution in [-0.2, 0) is 9.63 Å². The molecule has 0 saturated heterocycles. The predicted molar refractivity (Wildman–Crippen MR) is 62.1 cm³/mol. The standard InChI is InChI=1S/C13H15NO2/c15-13(12-8-4-5-9-12)16-14-10-11-6-2-1-3-7-11/h1-3,6-7,10,12H,4-5,8-9H2. The van der Waals surface area contributed by atoms with Gasteiger partial charge in [-0.15, -0.1) is 0 Å². The molecule has 0 N–H and O–H groups in total. The molecule has 0 bridgehead atoms. The highest BCUT2D eigenvalue weighted by molar-refractivity contribution is 5.80. The highest BCUT2D eigenvalue weighted by Gasteiger charge is 2.24. The lowest BCUT2D eigenvalue weighted by Gasteiger charge is -2.03. The molecule has 1 aromatic rings. The molecule has 0 atom stereocenters. The van der Waals surface area contributed by atoms with Crippen molar-refractivity contribution in [3.63, 3.8) is 0 Å². The van der Waals surface area contributed by atoms with Crippen LogP contribution in [0.3, 0.4) is 0 Å². The first kappa shape index (κ1) is 10.9. The molecule has 3 nitrogen and oxygen atoms in total. The SMILES string of the molecule is O=C(ON=Cc1ccccc1)C1CCCC1. The second-order valence-corrected chi connectivity index (χ2v) is 4.04. The zero-order valence-electron chi connectivity index (χ0n) is 9.13. The van der Waals surface area contributed by atoms with Crippen LogP contribution in [0.25, 0.3) is 0 Å². The smallest absolute Gasteiger partial charge is 0.318 e. The van der Waals surface area contributed by atoms with Gasteiger partial charge in [0, 0.05) is 0 Å². The summed E-state index contributed by atoms with van der Waals surface area (Å²) in [5.41, 5.74) is 0.932. The van der Waals surface area contributed by atoms with Crippen LogP contribution in [0.5, 0.6) is 0 Å². The number of carbonyl (C=O) groups is 1. The van der Waals surface area contributed by atoms with Crippen molar-refractivity contribution in [3.8, 4) is 0 Å². The van der Waals surface area contributed by atoms with E-state index in [1.54, 1.807) is 6.21 Å². The van der Waals surface area contributed by atoms with Crippen LogP contribution in [0.1, 0.15) is 31.2 Å². The number of benzene rings is 1. The van der Waals surface area contributed by atoms with Crippen LogP contribution in [-0.4, -0.2) is 12.2 Å². The fourth-order valence-corrected chi connectivity index (χ4v) is 1.91. The summed E-state index contributed by atoms with van der Waals surface area (Å²) in [5, 5.41) is 3.71. The van der Waals surface area contributed by atoms with Gasteiger partial charge in [-0.25, -0.2) is 4.79 Å². The first-order chi connectivity index (χ1) is 7.86. The van der Waals surface area contributed by atoms with Gasteiger partial charge in [-0.05, 0) is 18.4 Å². The van der Waals surface area contributed by atoms with Gasteiger partial charge >= 0.3 is 5.97 Å². The molecule has 0 aliphatic heterocycles. The Morgan fingerprint density at radius 2 is 1.94 bits per heavy atom. The number of rotatable bonds is 3. The lowest BCUT2D eigenvalue weighted by atomic mass is 10.1. The predicted octanol–water partition coefficient (Wildman–Crippen LogP) is 2.75. The summed E-state index contributed by atoms with van der Waals surface area (Å²) >= 11 is 0. The number of nitrogens with zero attached hydrogens (tertiary/aromatic N) is 1. The van der Waals surface area contributed by atoms with E-state index in [1.807, 2.05) is 30.3 Å². The Morgan fingerprint density at radius 3 is 2.62 bits per heavy atom. The minimum absolute atomic E-state index is 0.0629. The van der Waals surface area contributed by atoms with Crippen LogP contribution in [0.4, 0.5) is 0 Å². The Hall–Kier alpha value is -1.64. The van der Waals surface area contributed by atoms with Gasteiger partial charge in [-0.2, -0.15) is 0 Å². The molecule has 0 unspecified atom stereocenters. The monoisotopic (exact) mass is 217 g/mol. The maximum absolute atomic E-state index is 11.5. The molecule has 1 fully saturated rings. The van der Waals surface area contributed by atoms with Gasteiger partial charge in [0.1, 0.15) is 0 Å². The van der Waals surface area contributed by atoms with E-state index in [1.165, 1.54) is 0 Å². The average molecular weight is 217 g/mol. The molecule has 0 amide bonds. The highest BCUT2D eigenvalue weighted by Crippen LogP contribution is 2.25. The van der Waals surface area contributed by atoms with Crippen LogP contribution in [0, 0.1) is 5.92 Å².